The molecule has 0 bridgehead atoms. The van der Waals surface area contributed by atoms with Gasteiger partial charge in [-0.25, -0.2) is 9.18 Å². The molecule has 0 aliphatic rings. The van der Waals surface area contributed by atoms with Crippen molar-refractivity contribution in [3.63, 3.8) is 0 Å². The number of hydrogen-bond acceptors (Lipinski definition) is 4. The molecular weight excluding hydrogens is 408 g/mol. The third kappa shape index (κ3) is 4.05. The van der Waals surface area contributed by atoms with Gasteiger partial charge in [-0.05, 0) is 43.3 Å². The highest BCUT2D eigenvalue weighted by molar-refractivity contribution is 7.17. The van der Waals surface area contributed by atoms with Crippen molar-refractivity contribution in [1.82, 2.24) is 0 Å². The quantitative estimate of drug-likeness (QED) is 0.379. The SMILES string of the molecule is CCOC(=O)c1ccc(-c2ccc(C(=O)N(F)c3ccccc3F)s2)c(Cl)c1. The van der Waals surface area contributed by atoms with E-state index in [0.717, 1.165) is 17.4 Å². The van der Waals surface area contributed by atoms with Gasteiger partial charge in [-0.3, -0.25) is 4.79 Å². The van der Waals surface area contributed by atoms with Crippen LogP contribution < -0.4 is 5.12 Å². The number of esters is 1. The number of ether oxygens (including phenoxy) is 1. The van der Waals surface area contributed by atoms with Crippen LogP contribution in [0.15, 0.2) is 54.6 Å². The van der Waals surface area contributed by atoms with Crippen LogP contribution in [0.25, 0.3) is 10.4 Å². The molecule has 0 saturated carbocycles. The Morgan fingerprint density at radius 1 is 1.14 bits per heavy atom. The van der Waals surface area contributed by atoms with Gasteiger partial charge in [-0.1, -0.05) is 34.3 Å². The van der Waals surface area contributed by atoms with E-state index in [0.29, 0.717) is 16.0 Å². The summed E-state index contributed by atoms with van der Waals surface area (Å²) in [6, 6.07) is 12.8. The van der Waals surface area contributed by atoms with Crippen molar-refractivity contribution in [3.8, 4) is 10.4 Å². The molecule has 28 heavy (non-hydrogen) atoms. The molecule has 144 valence electrons. The van der Waals surface area contributed by atoms with Crippen LogP contribution in [-0.4, -0.2) is 18.5 Å². The van der Waals surface area contributed by atoms with Gasteiger partial charge in [0.2, 0.25) is 0 Å². The Bertz CT molecular complexity index is 1040. The van der Waals surface area contributed by atoms with Crippen LogP contribution in [-0.2, 0) is 4.74 Å². The van der Waals surface area contributed by atoms with Crippen LogP contribution in [0.2, 0.25) is 5.02 Å². The van der Waals surface area contributed by atoms with Gasteiger partial charge in [0.05, 0.1) is 22.1 Å². The lowest BCUT2D eigenvalue weighted by Gasteiger charge is -2.11. The van der Waals surface area contributed by atoms with Crippen LogP contribution in [0, 0.1) is 5.82 Å². The smallest absolute Gasteiger partial charge is 0.338 e. The van der Waals surface area contributed by atoms with E-state index in [4.69, 9.17) is 16.3 Å². The summed E-state index contributed by atoms with van der Waals surface area (Å²) in [6.07, 6.45) is 0. The van der Waals surface area contributed by atoms with Gasteiger partial charge in [0.15, 0.2) is 0 Å². The van der Waals surface area contributed by atoms with Crippen molar-refractivity contribution in [1.29, 1.82) is 0 Å². The minimum Gasteiger partial charge on any atom is -0.462 e. The Morgan fingerprint density at radius 2 is 1.89 bits per heavy atom. The lowest BCUT2D eigenvalue weighted by atomic mass is 10.1. The number of halogens is 3. The Labute approximate surface area is 168 Å². The fourth-order valence-corrected chi connectivity index (χ4v) is 3.77. The van der Waals surface area contributed by atoms with Gasteiger partial charge in [0, 0.05) is 10.4 Å². The molecule has 1 amide bonds. The maximum atomic E-state index is 14.4. The average Bonchev–Trinajstić information content (AvgIpc) is 3.17. The Balaban J connectivity index is 1.85. The van der Waals surface area contributed by atoms with E-state index in [2.05, 4.69) is 0 Å². The fourth-order valence-electron chi connectivity index (χ4n) is 2.47. The molecule has 0 atom stereocenters. The molecule has 0 N–H and O–H groups in total. The first-order valence-electron chi connectivity index (χ1n) is 8.24. The maximum absolute atomic E-state index is 14.4. The summed E-state index contributed by atoms with van der Waals surface area (Å²) >= 11 is 7.26. The fraction of sp³-hybridized carbons (Fsp3) is 0.100. The second kappa shape index (κ2) is 8.50. The van der Waals surface area contributed by atoms with Crippen molar-refractivity contribution in [2.45, 2.75) is 6.92 Å². The number of hydrogen-bond donors (Lipinski definition) is 0. The highest BCUT2D eigenvalue weighted by Crippen LogP contribution is 2.35. The van der Waals surface area contributed by atoms with Crippen LogP contribution in [0.1, 0.15) is 27.0 Å². The largest absolute Gasteiger partial charge is 0.462 e. The summed E-state index contributed by atoms with van der Waals surface area (Å²) in [7, 11) is 0. The number of nitrogens with zero attached hydrogens (tertiary/aromatic N) is 1. The molecule has 3 aromatic rings. The molecule has 0 radical (unpaired) electrons. The van der Waals surface area contributed by atoms with E-state index in [1.807, 2.05) is 0 Å². The highest BCUT2D eigenvalue weighted by atomic mass is 35.5. The number of rotatable bonds is 5. The first kappa shape index (κ1) is 20.0. The third-order valence-corrected chi connectivity index (χ3v) is 5.22. The van der Waals surface area contributed by atoms with Crippen molar-refractivity contribution < 1.29 is 23.2 Å². The molecule has 1 heterocycles. The van der Waals surface area contributed by atoms with E-state index in [-0.39, 0.29) is 21.6 Å². The topological polar surface area (TPSA) is 46.6 Å². The summed E-state index contributed by atoms with van der Waals surface area (Å²) in [6.45, 7) is 1.95. The number of anilines is 1. The second-order valence-corrected chi connectivity index (χ2v) is 7.11. The zero-order chi connectivity index (χ0) is 20.3. The minimum absolute atomic E-state index is 0.0753. The first-order valence-corrected chi connectivity index (χ1v) is 9.43. The Kier molecular flexibility index (Phi) is 6.06. The molecule has 0 aliphatic carbocycles. The number of para-hydroxylation sites is 1. The lowest BCUT2D eigenvalue weighted by molar-refractivity contribution is 0.0526. The third-order valence-electron chi connectivity index (χ3n) is 3.80. The molecule has 4 nitrogen and oxygen atoms in total. The number of carbonyl (C=O) groups excluding carboxylic acids is 2. The van der Waals surface area contributed by atoms with Crippen molar-refractivity contribution >= 4 is 40.5 Å². The molecular formula is C20H14ClF2NO3S. The van der Waals surface area contributed by atoms with E-state index in [9.17, 15) is 18.5 Å². The van der Waals surface area contributed by atoms with Crippen LogP contribution in [0.3, 0.4) is 0 Å². The van der Waals surface area contributed by atoms with Crippen molar-refractivity contribution in [2.75, 3.05) is 11.7 Å². The highest BCUT2D eigenvalue weighted by Gasteiger charge is 2.23. The molecule has 1 aromatic heterocycles. The lowest BCUT2D eigenvalue weighted by Crippen LogP contribution is -2.21. The molecule has 0 aliphatic heterocycles. The molecule has 0 unspecified atom stereocenters. The number of benzene rings is 2. The van der Waals surface area contributed by atoms with Gasteiger partial charge in [0.1, 0.15) is 11.5 Å². The van der Waals surface area contributed by atoms with Crippen LogP contribution in [0.5, 0.6) is 0 Å². The molecule has 0 saturated heterocycles. The number of amides is 1. The van der Waals surface area contributed by atoms with E-state index < -0.39 is 23.4 Å². The first-order chi connectivity index (χ1) is 13.4. The van der Waals surface area contributed by atoms with E-state index >= 15 is 0 Å². The normalized spacial score (nSPS) is 10.6. The molecule has 0 spiro atoms. The molecule has 2 aromatic carbocycles. The van der Waals surface area contributed by atoms with Gasteiger partial charge >= 0.3 is 5.97 Å². The molecule has 3 rings (SSSR count). The molecule has 8 heteroatoms. The Hall–Kier alpha value is -2.77. The average molecular weight is 422 g/mol. The van der Waals surface area contributed by atoms with Crippen LogP contribution >= 0.6 is 22.9 Å². The van der Waals surface area contributed by atoms with Gasteiger partial charge < -0.3 is 4.74 Å². The van der Waals surface area contributed by atoms with Gasteiger partial charge in [-0.2, -0.15) is 0 Å². The maximum Gasteiger partial charge on any atom is 0.338 e. The summed E-state index contributed by atoms with van der Waals surface area (Å²) in [5.74, 6) is -2.32. The zero-order valence-electron chi connectivity index (χ0n) is 14.6. The van der Waals surface area contributed by atoms with Crippen molar-refractivity contribution in [3.05, 3.63) is 75.9 Å². The van der Waals surface area contributed by atoms with E-state index in [1.165, 1.54) is 30.3 Å². The van der Waals surface area contributed by atoms with Crippen LogP contribution in [0.4, 0.5) is 14.6 Å². The standard InChI is InChI=1S/C20H14ClF2NO3S/c1-2-27-20(26)12-7-8-13(14(21)11-12)17-9-10-18(28-17)19(25)24(23)16-6-4-3-5-15(16)22/h3-11H,2H2,1H3. The summed E-state index contributed by atoms with van der Waals surface area (Å²) in [5.41, 5.74) is 0.423. The van der Waals surface area contributed by atoms with Gasteiger partial charge in [-0.15, -0.1) is 16.5 Å². The summed E-state index contributed by atoms with van der Waals surface area (Å²) in [4.78, 5) is 24.8. The predicted molar refractivity (Wildman–Crippen MR) is 105 cm³/mol. The van der Waals surface area contributed by atoms with Crippen molar-refractivity contribution in [2.24, 2.45) is 0 Å². The molecule has 0 fully saturated rings. The number of thiophene rings is 1. The zero-order valence-corrected chi connectivity index (χ0v) is 16.2. The summed E-state index contributed by atoms with van der Waals surface area (Å²) < 4.78 is 33.0. The summed E-state index contributed by atoms with van der Waals surface area (Å²) in [5, 5.41) is 0.0637. The Morgan fingerprint density at radius 3 is 2.57 bits per heavy atom. The predicted octanol–water partition coefficient (Wildman–Crippen LogP) is 5.92. The number of carbonyl (C=O) groups is 2. The monoisotopic (exact) mass is 421 g/mol. The van der Waals surface area contributed by atoms with Gasteiger partial charge in [0.25, 0.3) is 5.91 Å². The second-order valence-electron chi connectivity index (χ2n) is 5.62. The van der Waals surface area contributed by atoms with E-state index in [1.54, 1.807) is 25.1 Å². The minimum atomic E-state index is -0.986.